The minimum atomic E-state index is 0.804. The molecule has 1 rings (SSSR count). The minimum absolute atomic E-state index is 0.804. The van der Waals surface area contributed by atoms with Crippen molar-refractivity contribution in [3.63, 3.8) is 0 Å². The van der Waals surface area contributed by atoms with Crippen LogP contribution in [0.1, 0.15) is 24.5 Å². The van der Waals surface area contributed by atoms with Gasteiger partial charge in [0, 0.05) is 12.1 Å². The lowest BCUT2D eigenvalue weighted by atomic mass is 10.1. The molecule has 0 bridgehead atoms. The molecule has 64 valence electrons. The zero-order chi connectivity index (χ0) is 8.97. The molecule has 0 saturated heterocycles. The highest BCUT2D eigenvalue weighted by molar-refractivity contribution is 5.83. The average molecular weight is 161 g/mol. The van der Waals surface area contributed by atoms with Crippen LogP contribution in [0, 0.1) is 12.3 Å². The second kappa shape index (κ2) is 4.05. The summed E-state index contributed by atoms with van der Waals surface area (Å²) in [6.45, 7) is 4.11. The quantitative estimate of drug-likeness (QED) is 0.659. The largest absolute Gasteiger partial charge is 0.309 e. The molecular formula is C11H15N. The molecular weight excluding hydrogens is 146 g/mol. The highest BCUT2D eigenvalue weighted by atomic mass is 14.4. The molecule has 0 aromatic heterocycles. The van der Waals surface area contributed by atoms with E-state index < -0.39 is 0 Å². The Morgan fingerprint density at radius 2 is 2.17 bits per heavy atom. The maximum atomic E-state index is 7.55. The van der Waals surface area contributed by atoms with Gasteiger partial charge in [0.25, 0.3) is 0 Å². The van der Waals surface area contributed by atoms with E-state index in [1.807, 2.05) is 13.0 Å². The van der Waals surface area contributed by atoms with Gasteiger partial charge in [-0.2, -0.15) is 0 Å². The fraction of sp³-hybridized carbons (Fsp3) is 0.364. The number of hydrogen-bond acceptors (Lipinski definition) is 1. The van der Waals surface area contributed by atoms with Gasteiger partial charge in [0.15, 0.2) is 0 Å². The van der Waals surface area contributed by atoms with Crippen LogP contribution in [-0.4, -0.2) is 5.71 Å². The molecule has 1 heteroatoms. The predicted octanol–water partition coefficient (Wildman–Crippen LogP) is 2.97. The summed E-state index contributed by atoms with van der Waals surface area (Å²) in [6.07, 6.45) is 1.66. The van der Waals surface area contributed by atoms with E-state index in [-0.39, 0.29) is 0 Å². The first-order valence-corrected chi connectivity index (χ1v) is 4.34. The minimum Gasteiger partial charge on any atom is -0.309 e. The van der Waals surface area contributed by atoms with Crippen molar-refractivity contribution in [3.05, 3.63) is 35.4 Å². The second-order valence-electron chi connectivity index (χ2n) is 3.12. The molecule has 0 atom stereocenters. The van der Waals surface area contributed by atoms with E-state index >= 15 is 0 Å². The molecule has 0 saturated carbocycles. The van der Waals surface area contributed by atoms with Crippen molar-refractivity contribution in [2.24, 2.45) is 0 Å². The third kappa shape index (κ3) is 2.50. The first kappa shape index (κ1) is 8.98. The molecule has 12 heavy (non-hydrogen) atoms. The second-order valence-corrected chi connectivity index (χ2v) is 3.12. The molecule has 0 aliphatic rings. The maximum Gasteiger partial charge on any atom is 0.0130 e. The number of nitrogens with one attached hydrogen (secondary N) is 1. The summed E-state index contributed by atoms with van der Waals surface area (Å²) < 4.78 is 0. The number of rotatable bonds is 3. The molecule has 0 fully saturated rings. The third-order valence-corrected chi connectivity index (χ3v) is 1.93. The Morgan fingerprint density at radius 1 is 1.42 bits per heavy atom. The van der Waals surface area contributed by atoms with Gasteiger partial charge in [-0.1, -0.05) is 36.8 Å². The Labute approximate surface area is 73.9 Å². The van der Waals surface area contributed by atoms with Gasteiger partial charge in [-0.15, -0.1) is 0 Å². The van der Waals surface area contributed by atoms with E-state index in [0.717, 1.165) is 18.6 Å². The molecule has 0 heterocycles. The summed E-state index contributed by atoms with van der Waals surface area (Å²) in [5.74, 6) is 0. The van der Waals surface area contributed by atoms with Gasteiger partial charge in [0.1, 0.15) is 0 Å². The van der Waals surface area contributed by atoms with Gasteiger partial charge in [0.05, 0.1) is 0 Å². The van der Waals surface area contributed by atoms with Crippen LogP contribution in [-0.2, 0) is 6.42 Å². The first-order chi connectivity index (χ1) is 5.72. The lowest BCUT2D eigenvalue weighted by molar-refractivity contribution is 1.15. The van der Waals surface area contributed by atoms with Gasteiger partial charge < -0.3 is 5.41 Å². The summed E-state index contributed by atoms with van der Waals surface area (Å²) in [5, 5.41) is 7.55. The normalized spacial score (nSPS) is 9.83. The summed E-state index contributed by atoms with van der Waals surface area (Å²) in [4.78, 5) is 0. The Bertz CT molecular complexity index is 276. The van der Waals surface area contributed by atoms with Crippen molar-refractivity contribution in [1.82, 2.24) is 0 Å². The van der Waals surface area contributed by atoms with E-state index in [2.05, 4.69) is 25.1 Å². The molecule has 1 aromatic carbocycles. The Hall–Kier alpha value is -1.11. The number of aryl methyl sites for hydroxylation is 1. The maximum absolute atomic E-state index is 7.55. The van der Waals surface area contributed by atoms with E-state index in [4.69, 9.17) is 5.41 Å². The zero-order valence-corrected chi connectivity index (χ0v) is 7.72. The molecule has 0 spiro atoms. The lowest BCUT2D eigenvalue weighted by Gasteiger charge is -2.01. The van der Waals surface area contributed by atoms with Crippen LogP contribution in [0.3, 0.4) is 0 Å². The third-order valence-electron chi connectivity index (χ3n) is 1.93. The van der Waals surface area contributed by atoms with Crippen molar-refractivity contribution >= 4 is 5.71 Å². The van der Waals surface area contributed by atoms with Gasteiger partial charge in [-0.3, -0.25) is 0 Å². The SMILES string of the molecule is CCC(=N)Cc1cccc(C)c1. The van der Waals surface area contributed by atoms with Crippen LogP contribution in [0.2, 0.25) is 0 Å². The summed E-state index contributed by atoms with van der Waals surface area (Å²) in [6, 6.07) is 8.36. The average Bonchev–Trinajstić information content (AvgIpc) is 2.04. The highest BCUT2D eigenvalue weighted by Crippen LogP contribution is 2.05. The lowest BCUT2D eigenvalue weighted by Crippen LogP contribution is -1.98. The van der Waals surface area contributed by atoms with E-state index in [1.54, 1.807) is 0 Å². The Balaban J connectivity index is 2.69. The monoisotopic (exact) mass is 161 g/mol. The van der Waals surface area contributed by atoms with Crippen LogP contribution in [0.25, 0.3) is 0 Å². The van der Waals surface area contributed by atoms with Crippen molar-refractivity contribution < 1.29 is 0 Å². The molecule has 0 aliphatic carbocycles. The van der Waals surface area contributed by atoms with Crippen LogP contribution in [0.4, 0.5) is 0 Å². The standard InChI is InChI=1S/C11H15N/c1-3-11(12)8-10-6-4-5-9(2)7-10/h4-7,12H,3,8H2,1-2H3. The fourth-order valence-electron chi connectivity index (χ4n) is 1.19. The summed E-state index contributed by atoms with van der Waals surface area (Å²) in [7, 11) is 0. The van der Waals surface area contributed by atoms with Crippen LogP contribution in [0.5, 0.6) is 0 Å². The van der Waals surface area contributed by atoms with E-state index in [1.165, 1.54) is 11.1 Å². The smallest absolute Gasteiger partial charge is 0.0130 e. The van der Waals surface area contributed by atoms with Crippen LogP contribution in [0.15, 0.2) is 24.3 Å². The van der Waals surface area contributed by atoms with Gasteiger partial charge >= 0.3 is 0 Å². The Kier molecular flexibility index (Phi) is 3.03. The molecule has 1 N–H and O–H groups in total. The van der Waals surface area contributed by atoms with Crippen LogP contribution >= 0.6 is 0 Å². The van der Waals surface area contributed by atoms with Crippen molar-refractivity contribution in [2.75, 3.05) is 0 Å². The summed E-state index contributed by atoms with van der Waals surface area (Å²) in [5.41, 5.74) is 3.33. The van der Waals surface area contributed by atoms with E-state index in [0.29, 0.717) is 0 Å². The van der Waals surface area contributed by atoms with Gasteiger partial charge in [-0.25, -0.2) is 0 Å². The van der Waals surface area contributed by atoms with Crippen LogP contribution < -0.4 is 0 Å². The molecule has 0 unspecified atom stereocenters. The predicted molar refractivity (Wildman–Crippen MR) is 52.9 cm³/mol. The van der Waals surface area contributed by atoms with Gasteiger partial charge in [-0.05, 0) is 18.9 Å². The zero-order valence-electron chi connectivity index (χ0n) is 7.72. The number of hydrogen-bond donors (Lipinski definition) is 1. The van der Waals surface area contributed by atoms with Crippen molar-refractivity contribution in [2.45, 2.75) is 26.7 Å². The Morgan fingerprint density at radius 3 is 2.75 bits per heavy atom. The first-order valence-electron chi connectivity index (χ1n) is 4.34. The van der Waals surface area contributed by atoms with Crippen molar-refractivity contribution in [1.29, 1.82) is 5.41 Å². The molecule has 0 aliphatic heterocycles. The van der Waals surface area contributed by atoms with E-state index in [9.17, 15) is 0 Å². The van der Waals surface area contributed by atoms with Gasteiger partial charge in [0.2, 0.25) is 0 Å². The summed E-state index contributed by atoms with van der Waals surface area (Å²) >= 11 is 0. The topological polar surface area (TPSA) is 23.9 Å². The fourth-order valence-corrected chi connectivity index (χ4v) is 1.19. The highest BCUT2D eigenvalue weighted by Gasteiger charge is 1.96. The molecule has 0 radical (unpaired) electrons. The molecule has 1 nitrogen and oxygen atoms in total. The molecule has 0 amide bonds. The van der Waals surface area contributed by atoms with Crippen molar-refractivity contribution in [3.8, 4) is 0 Å². The number of benzene rings is 1. The molecule has 1 aromatic rings.